The third kappa shape index (κ3) is 7.05. The van der Waals surface area contributed by atoms with E-state index in [-0.39, 0.29) is 0 Å². The smallest absolute Gasteiger partial charge is 0.0576 e. The van der Waals surface area contributed by atoms with Gasteiger partial charge in [-0.3, -0.25) is 0 Å². The van der Waals surface area contributed by atoms with Gasteiger partial charge >= 0.3 is 0 Å². The summed E-state index contributed by atoms with van der Waals surface area (Å²) < 4.78 is 5.71. The van der Waals surface area contributed by atoms with Crippen molar-refractivity contribution >= 4 is 0 Å². The van der Waals surface area contributed by atoms with E-state index in [0.29, 0.717) is 12.1 Å². The van der Waals surface area contributed by atoms with E-state index >= 15 is 0 Å². The molecule has 17 heavy (non-hydrogen) atoms. The minimum absolute atomic E-state index is 0.556. The topological polar surface area (TPSA) is 21.3 Å². The molecule has 0 aromatic heterocycles. The lowest BCUT2D eigenvalue weighted by Gasteiger charge is -2.21. The zero-order valence-corrected chi connectivity index (χ0v) is 12.0. The summed E-state index contributed by atoms with van der Waals surface area (Å²) >= 11 is 0. The maximum absolute atomic E-state index is 5.71. The molecule has 2 unspecified atom stereocenters. The molecular formula is C15H31NO. The monoisotopic (exact) mass is 241 g/mol. The Balaban J connectivity index is 2.18. The SMILES string of the molecule is CCCNC(CCC(C)C)CCC1CCCO1. The number of rotatable bonds is 9. The van der Waals surface area contributed by atoms with Gasteiger partial charge in [0.25, 0.3) is 0 Å². The molecule has 1 N–H and O–H groups in total. The summed E-state index contributed by atoms with van der Waals surface area (Å²) in [6.45, 7) is 9.03. The largest absolute Gasteiger partial charge is 0.378 e. The Bertz CT molecular complexity index is 176. The van der Waals surface area contributed by atoms with Crippen LogP contribution in [0.3, 0.4) is 0 Å². The first-order valence-electron chi connectivity index (χ1n) is 7.57. The predicted molar refractivity (Wildman–Crippen MR) is 74.4 cm³/mol. The Kier molecular flexibility index (Phi) is 7.87. The fraction of sp³-hybridized carbons (Fsp3) is 1.00. The van der Waals surface area contributed by atoms with Gasteiger partial charge in [0.2, 0.25) is 0 Å². The van der Waals surface area contributed by atoms with E-state index in [4.69, 9.17) is 4.74 Å². The van der Waals surface area contributed by atoms with Crippen molar-refractivity contribution in [2.45, 2.75) is 77.9 Å². The van der Waals surface area contributed by atoms with Crippen molar-refractivity contribution in [1.82, 2.24) is 5.32 Å². The molecule has 1 fully saturated rings. The second-order valence-electron chi connectivity index (χ2n) is 5.83. The molecule has 0 amide bonds. The normalized spacial score (nSPS) is 22.2. The Morgan fingerprint density at radius 1 is 1.24 bits per heavy atom. The molecule has 1 heterocycles. The first-order valence-corrected chi connectivity index (χ1v) is 7.57. The van der Waals surface area contributed by atoms with Gasteiger partial charge in [-0.1, -0.05) is 20.8 Å². The van der Waals surface area contributed by atoms with Crippen LogP contribution in [0.4, 0.5) is 0 Å². The first-order chi connectivity index (χ1) is 8.22. The molecule has 1 rings (SSSR count). The summed E-state index contributed by atoms with van der Waals surface area (Å²) in [7, 11) is 0. The molecule has 2 atom stereocenters. The van der Waals surface area contributed by atoms with Gasteiger partial charge in [0, 0.05) is 12.6 Å². The lowest BCUT2D eigenvalue weighted by molar-refractivity contribution is 0.0990. The number of hydrogen-bond acceptors (Lipinski definition) is 2. The molecular weight excluding hydrogens is 210 g/mol. The van der Waals surface area contributed by atoms with Crippen molar-refractivity contribution in [3.63, 3.8) is 0 Å². The minimum Gasteiger partial charge on any atom is -0.378 e. The summed E-state index contributed by atoms with van der Waals surface area (Å²) in [5, 5.41) is 3.69. The van der Waals surface area contributed by atoms with E-state index in [1.54, 1.807) is 0 Å². The highest BCUT2D eigenvalue weighted by Crippen LogP contribution is 2.19. The van der Waals surface area contributed by atoms with Gasteiger partial charge in [-0.25, -0.2) is 0 Å². The van der Waals surface area contributed by atoms with Crippen LogP contribution < -0.4 is 5.32 Å². The lowest BCUT2D eigenvalue weighted by atomic mass is 9.98. The Hall–Kier alpha value is -0.0800. The molecule has 0 radical (unpaired) electrons. The molecule has 1 saturated heterocycles. The van der Waals surface area contributed by atoms with Crippen LogP contribution in [-0.4, -0.2) is 25.3 Å². The molecule has 0 aromatic carbocycles. The van der Waals surface area contributed by atoms with E-state index in [1.165, 1.54) is 44.9 Å². The summed E-state index contributed by atoms with van der Waals surface area (Å²) in [4.78, 5) is 0. The van der Waals surface area contributed by atoms with Crippen LogP contribution >= 0.6 is 0 Å². The minimum atomic E-state index is 0.556. The molecule has 1 aliphatic rings. The summed E-state index contributed by atoms with van der Waals surface area (Å²) in [6.07, 6.45) is 9.54. The summed E-state index contributed by atoms with van der Waals surface area (Å²) in [6, 6.07) is 0.710. The van der Waals surface area contributed by atoms with Crippen LogP contribution in [-0.2, 0) is 4.74 Å². The average Bonchev–Trinajstić information content (AvgIpc) is 2.80. The Labute approximate surface area is 108 Å². The van der Waals surface area contributed by atoms with Crippen LogP contribution in [0.1, 0.15) is 65.7 Å². The molecule has 102 valence electrons. The molecule has 0 aliphatic carbocycles. The van der Waals surface area contributed by atoms with Crippen LogP contribution in [0.5, 0.6) is 0 Å². The second kappa shape index (κ2) is 8.93. The average molecular weight is 241 g/mol. The van der Waals surface area contributed by atoms with Crippen LogP contribution in [0.2, 0.25) is 0 Å². The van der Waals surface area contributed by atoms with Gasteiger partial charge in [-0.15, -0.1) is 0 Å². The predicted octanol–water partition coefficient (Wildman–Crippen LogP) is 3.75. The molecule has 0 spiro atoms. The van der Waals surface area contributed by atoms with Crippen LogP contribution in [0.15, 0.2) is 0 Å². The zero-order valence-electron chi connectivity index (χ0n) is 12.0. The number of hydrogen-bond donors (Lipinski definition) is 1. The first kappa shape index (κ1) is 15.0. The highest BCUT2D eigenvalue weighted by Gasteiger charge is 2.17. The quantitative estimate of drug-likeness (QED) is 0.664. The van der Waals surface area contributed by atoms with Gasteiger partial charge in [-0.05, 0) is 57.4 Å². The third-order valence-corrected chi connectivity index (χ3v) is 3.64. The summed E-state index contributed by atoms with van der Waals surface area (Å²) in [5.74, 6) is 0.823. The maximum Gasteiger partial charge on any atom is 0.0576 e. The second-order valence-corrected chi connectivity index (χ2v) is 5.83. The molecule has 2 nitrogen and oxygen atoms in total. The van der Waals surface area contributed by atoms with Gasteiger partial charge in [0.05, 0.1) is 6.10 Å². The molecule has 0 saturated carbocycles. The van der Waals surface area contributed by atoms with Crippen molar-refractivity contribution in [3.8, 4) is 0 Å². The van der Waals surface area contributed by atoms with Crippen LogP contribution in [0.25, 0.3) is 0 Å². The number of ether oxygens (including phenoxy) is 1. The summed E-state index contributed by atoms with van der Waals surface area (Å²) in [5.41, 5.74) is 0. The van der Waals surface area contributed by atoms with E-state index < -0.39 is 0 Å². The zero-order chi connectivity index (χ0) is 12.5. The number of nitrogens with one attached hydrogen (secondary N) is 1. The molecule has 2 heteroatoms. The highest BCUT2D eigenvalue weighted by atomic mass is 16.5. The van der Waals surface area contributed by atoms with Gasteiger partial charge < -0.3 is 10.1 Å². The van der Waals surface area contributed by atoms with Crippen molar-refractivity contribution in [3.05, 3.63) is 0 Å². The van der Waals surface area contributed by atoms with Crippen LogP contribution in [0, 0.1) is 5.92 Å². The molecule has 1 aliphatic heterocycles. The fourth-order valence-corrected chi connectivity index (χ4v) is 2.49. The van der Waals surface area contributed by atoms with Crippen molar-refractivity contribution < 1.29 is 4.74 Å². The standard InChI is InChI=1S/C15H31NO/c1-4-11-16-14(8-7-13(2)3)9-10-15-6-5-12-17-15/h13-16H,4-12H2,1-3H3. The van der Waals surface area contributed by atoms with Gasteiger partial charge in [0.15, 0.2) is 0 Å². The van der Waals surface area contributed by atoms with Gasteiger partial charge in [0.1, 0.15) is 0 Å². The van der Waals surface area contributed by atoms with E-state index in [1.807, 2.05) is 0 Å². The Morgan fingerprint density at radius 3 is 2.65 bits per heavy atom. The van der Waals surface area contributed by atoms with E-state index in [0.717, 1.165) is 19.1 Å². The van der Waals surface area contributed by atoms with Crippen molar-refractivity contribution in [2.24, 2.45) is 5.92 Å². The lowest BCUT2D eigenvalue weighted by Crippen LogP contribution is -2.31. The van der Waals surface area contributed by atoms with Crippen molar-refractivity contribution in [1.29, 1.82) is 0 Å². The third-order valence-electron chi connectivity index (χ3n) is 3.64. The fourth-order valence-electron chi connectivity index (χ4n) is 2.49. The van der Waals surface area contributed by atoms with Crippen molar-refractivity contribution in [2.75, 3.05) is 13.2 Å². The molecule has 0 aromatic rings. The highest BCUT2D eigenvalue weighted by molar-refractivity contribution is 4.72. The van der Waals surface area contributed by atoms with E-state index in [9.17, 15) is 0 Å². The Morgan fingerprint density at radius 2 is 2.06 bits per heavy atom. The van der Waals surface area contributed by atoms with E-state index in [2.05, 4.69) is 26.1 Å². The molecule has 0 bridgehead atoms. The maximum atomic E-state index is 5.71. The van der Waals surface area contributed by atoms with Gasteiger partial charge in [-0.2, -0.15) is 0 Å².